The Kier molecular flexibility index (Phi) is 18.6. The first-order valence-electron chi connectivity index (χ1n) is 24.4. The Morgan fingerprint density at radius 2 is 1.66 bits per heavy atom. The molecule has 0 saturated heterocycles. The Labute approximate surface area is 424 Å². The van der Waals surface area contributed by atoms with E-state index >= 15 is 0 Å². The number of rotatable bonds is 25. The minimum atomic E-state index is -1.69. The van der Waals surface area contributed by atoms with Gasteiger partial charge in [-0.2, -0.15) is 0 Å². The molecule has 0 radical (unpaired) electrons. The number of methoxy groups -OCH3 is 2. The van der Waals surface area contributed by atoms with Crippen LogP contribution in [0.25, 0.3) is 0 Å². The highest BCUT2D eigenvalue weighted by Crippen LogP contribution is 2.62. The van der Waals surface area contributed by atoms with E-state index in [0.29, 0.717) is 90.3 Å². The highest BCUT2D eigenvalue weighted by Gasteiger charge is 2.65. The van der Waals surface area contributed by atoms with Crippen molar-refractivity contribution in [3.05, 3.63) is 155 Å². The van der Waals surface area contributed by atoms with Crippen LogP contribution >= 0.6 is 0 Å². The van der Waals surface area contributed by atoms with Gasteiger partial charge in [0, 0.05) is 55.9 Å². The number of carbonyl (C=O) groups excluding carboxylic acids is 2. The van der Waals surface area contributed by atoms with Crippen molar-refractivity contribution in [1.82, 2.24) is 4.90 Å². The number of halogens is 1. The number of nitrogens with one attached hydrogen (secondary N) is 1. The maximum atomic E-state index is 14.8. The summed E-state index contributed by atoms with van der Waals surface area (Å²) in [6.45, 7) is 7.64. The smallest absolute Gasteiger partial charge is 0.417 e. The van der Waals surface area contributed by atoms with Gasteiger partial charge in [0.25, 0.3) is 5.69 Å². The second-order valence-electron chi connectivity index (χ2n) is 18.0. The van der Waals surface area contributed by atoms with Gasteiger partial charge in [-0.3, -0.25) is 20.3 Å². The van der Waals surface area contributed by atoms with Crippen molar-refractivity contribution in [2.45, 2.75) is 82.3 Å². The van der Waals surface area contributed by atoms with Gasteiger partial charge in [-0.15, -0.1) is 13.2 Å². The molecule has 4 aromatic carbocycles. The largest absolute Gasteiger partial charge is 0.497 e. The lowest BCUT2D eigenvalue weighted by Gasteiger charge is -2.59. The van der Waals surface area contributed by atoms with Crippen molar-refractivity contribution in [1.29, 1.82) is 0 Å². The number of fused-ring (bicyclic) bond motifs is 2. The summed E-state index contributed by atoms with van der Waals surface area (Å²) in [6, 6.07) is 20.8. The number of anilines is 1. The van der Waals surface area contributed by atoms with Crippen LogP contribution in [0.4, 0.5) is 25.4 Å². The number of nitro benzene ring substituents is 1. The molecule has 1 aliphatic heterocycles. The molecule has 18 heteroatoms. The summed E-state index contributed by atoms with van der Waals surface area (Å²) >= 11 is 0. The Morgan fingerprint density at radius 1 is 0.932 bits per heavy atom. The molecule has 2 aliphatic carbocycles. The van der Waals surface area contributed by atoms with Crippen LogP contribution < -0.4 is 24.3 Å². The number of nitrogens with zero attached hydrogens (tertiary/aromatic N) is 3. The number of oxime groups is 1. The Hall–Kier alpha value is -7.28. The molecule has 388 valence electrons. The molecular formula is C55H63FN4O13. The summed E-state index contributed by atoms with van der Waals surface area (Å²) in [5, 5.41) is 39.1. The lowest BCUT2D eigenvalue weighted by atomic mass is 9.55. The number of hydrogen-bond acceptors (Lipinski definition) is 14. The molecule has 6 atom stereocenters. The van der Waals surface area contributed by atoms with Crippen LogP contribution in [0.1, 0.15) is 74.0 Å². The molecule has 0 spiro atoms. The third-order valence-corrected chi connectivity index (χ3v) is 13.5. The number of hydrogen-bond donors (Lipinski definition) is 3. The first-order chi connectivity index (χ1) is 35.5. The van der Waals surface area contributed by atoms with E-state index in [1.165, 1.54) is 43.4 Å². The van der Waals surface area contributed by atoms with Gasteiger partial charge < -0.3 is 43.5 Å². The topological polar surface area (TPSA) is 210 Å². The Bertz CT molecular complexity index is 2630. The zero-order valence-corrected chi connectivity index (χ0v) is 41.1. The van der Waals surface area contributed by atoms with E-state index in [9.17, 15) is 34.3 Å². The molecule has 73 heavy (non-hydrogen) atoms. The third-order valence-electron chi connectivity index (χ3n) is 13.5. The van der Waals surface area contributed by atoms with Crippen molar-refractivity contribution < 1.29 is 62.4 Å². The molecule has 0 aromatic heterocycles. The van der Waals surface area contributed by atoms with Crippen molar-refractivity contribution in [2.24, 2.45) is 22.9 Å². The summed E-state index contributed by atoms with van der Waals surface area (Å²) in [6.07, 6.45) is 8.01. The molecule has 0 unspecified atom stereocenters. The van der Waals surface area contributed by atoms with E-state index in [0.717, 1.165) is 5.57 Å². The SMILES string of the molecule is C=CCCOC(=O)N(Cc1ccc(F)cc1)[C@H]1CC(=NOCc2ccc([N+](=O)[O-])cc2)C2=C[C@H](CCCCO)[C@@H](CCCCO)[C@@H]3c4cc(OC(=O)Nc5ccc(OC)cc5OC)ccc4O[C@@]1(OCC=C)[C@H]23. The lowest BCUT2D eigenvalue weighted by molar-refractivity contribution is -0.384. The van der Waals surface area contributed by atoms with Gasteiger partial charge >= 0.3 is 12.2 Å². The molecule has 4 aromatic rings. The number of unbranched alkanes of at least 4 members (excludes halogenated alkanes) is 2. The van der Waals surface area contributed by atoms with Gasteiger partial charge in [0.1, 0.15) is 41.5 Å². The van der Waals surface area contributed by atoms with Crippen LogP contribution in [-0.2, 0) is 27.5 Å². The molecule has 1 fully saturated rings. The number of non-ortho nitro benzene ring substituents is 1. The van der Waals surface area contributed by atoms with E-state index < -0.39 is 46.6 Å². The van der Waals surface area contributed by atoms with Gasteiger partial charge in [0.15, 0.2) is 0 Å². The molecule has 1 heterocycles. The van der Waals surface area contributed by atoms with E-state index in [1.54, 1.807) is 72.8 Å². The monoisotopic (exact) mass is 1010 g/mol. The molecule has 3 N–H and O–H groups in total. The number of ether oxygens (including phenoxy) is 6. The quantitative estimate of drug-likeness (QED) is 0.0245. The van der Waals surface area contributed by atoms with Gasteiger partial charge in [-0.05, 0) is 115 Å². The van der Waals surface area contributed by atoms with Gasteiger partial charge in [-0.25, -0.2) is 14.0 Å². The molecule has 2 amide bonds. The van der Waals surface area contributed by atoms with Crippen LogP contribution in [0.3, 0.4) is 0 Å². The van der Waals surface area contributed by atoms with E-state index in [2.05, 4.69) is 24.6 Å². The van der Waals surface area contributed by atoms with Crippen LogP contribution in [-0.4, -0.2) is 90.4 Å². The standard InChI is InChI=1S/C55H63FN4O13/c1-5-7-29-69-54(64)59(34-36-14-18-39(56)19-15-36)50-33-47(58-71-35-37-16-20-40(21-17-37)60(65)66)44-30-38(12-8-10-26-61)43(13-9-11-27-62)51-45-31-42(23-25-48(45)73-55(50,52(44)51)70-28-6-2)72-53(63)57-46-24-22-41(67-3)32-49(46)68-4/h5-6,14-25,30-32,38,43,50-52,61-62H,1-2,7-13,26-29,33-35H2,3-4H3,(H,57,63)/t38-,43+,50-,51+,52+,55+/m0/s1. The number of benzene rings is 4. The summed E-state index contributed by atoms with van der Waals surface area (Å²) in [5.74, 6) is -2.22. The fourth-order valence-corrected chi connectivity index (χ4v) is 10.2. The molecular weight excluding hydrogens is 944 g/mol. The van der Waals surface area contributed by atoms with E-state index in [1.807, 2.05) is 0 Å². The van der Waals surface area contributed by atoms with Gasteiger partial charge in [0.2, 0.25) is 5.79 Å². The van der Waals surface area contributed by atoms with Gasteiger partial charge in [0.05, 0.1) is 49.7 Å². The first-order valence-corrected chi connectivity index (χ1v) is 24.4. The zero-order valence-electron chi connectivity index (χ0n) is 41.1. The maximum Gasteiger partial charge on any atom is 0.417 e. The Morgan fingerprint density at radius 3 is 2.34 bits per heavy atom. The average Bonchev–Trinajstić information content (AvgIpc) is 3.39. The Balaban J connectivity index is 1.42. The number of nitro groups is 1. The maximum absolute atomic E-state index is 14.8. The second-order valence-corrected chi connectivity index (χ2v) is 18.0. The number of carbonyl (C=O) groups is 2. The minimum absolute atomic E-state index is 0.00251. The van der Waals surface area contributed by atoms with Gasteiger partial charge in [-0.1, -0.05) is 48.4 Å². The predicted octanol–water partition coefficient (Wildman–Crippen LogP) is 10.4. The summed E-state index contributed by atoms with van der Waals surface area (Å²) < 4.78 is 51.5. The predicted molar refractivity (Wildman–Crippen MR) is 270 cm³/mol. The number of aliphatic hydroxyl groups is 2. The van der Waals surface area contributed by atoms with Crippen LogP contribution in [0.15, 0.2) is 127 Å². The number of allylic oxidation sites excluding steroid dienone is 1. The fraction of sp³-hybridized carbons (Fsp3) is 0.400. The molecule has 0 bridgehead atoms. The number of amides is 2. The van der Waals surface area contributed by atoms with Crippen molar-refractivity contribution >= 4 is 29.3 Å². The van der Waals surface area contributed by atoms with Crippen LogP contribution in [0.2, 0.25) is 0 Å². The second kappa shape index (κ2) is 25.4. The molecule has 17 nitrogen and oxygen atoms in total. The molecule has 3 aliphatic rings. The fourth-order valence-electron chi connectivity index (χ4n) is 10.2. The first kappa shape index (κ1) is 53.5. The summed E-state index contributed by atoms with van der Waals surface area (Å²) in [7, 11) is 2.99. The molecule has 7 rings (SSSR count). The zero-order chi connectivity index (χ0) is 51.9. The van der Waals surface area contributed by atoms with E-state index in [4.69, 9.17) is 38.4 Å². The van der Waals surface area contributed by atoms with E-state index in [-0.39, 0.29) is 69.3 Å². The minimum Gasteiger partial charge on any atom is -0.497 e. The van der Waals surface area contributed by atoms with Crippen molar-refractivity contribution in [3.63, 3.8) is 0 Å². The molecule has 1 saturated carbocycles. The van der Waals surface area contributed by atoms with Crippen molar-refractivity contribution in [3.8, 4) is 23.0 Å². The number of aliphatic hydroxyl groups excluding tert-OH is 2. The van der Waals surface area contributed by atoms with Crippen molar-refractivity contribution in [2.75, 3.05) is 46.0 Å². The third kappa shape index (κ3) is 12.7. The highest BCUT2D eigenvalue weighted by molar-refractivity contribution is 6.03. The van der Waals surface area contributed by atoms with Crippen LogP contribution in [0, 0.1) is 33.7 Å². The summed E-state index contributed by atoms with van der Waals surface area (Å²) in [5.41, 5.74) is 3.36. The van der Waals surface area contributed by atoms with Crippen LogP contribution in [0.5, 0.6) is 23.0 Å². The summed E-state index contributed by atoms with van der Waals surface area (Å²) in [4.78, 5) is 47.1. The lowest BCUT2D eigenvalue weighted by Crippen LogP contribution is -2.70. The average molecular weight is 1010 g/mol. The normalized spacial score (nSPS) is 21.0. The highest BCUT2D eigenvalue weighted by atomic mass is 19.1.